The maximum absolute atomic E-state index is 11.8. The molecule has 1 amide bonds. The van der Waals surface area contributed by atoms with Crippen molar-refractivity contribution in [1.29, 1.82) is 0 Å². The van der Waals surface area contributed by atoms with Crippen LogP contribution in [0.4, 0.5) is 0 Å². The molecular formula is C13H17N3O2S. The van der Waals surface area contributed by atoms with E-state index in [0.29, 0.717) is 18.7 Å². The van der Waals surface area contributed by atoms with Gasteiger partial charge in [-0.2, -0.15) is 5.10 Å². The van der Waals surface area contributed by atoms with Crippen molar-refractivity contribution in [3.8, 4) is 5.75 Å². The maximum atomic E-state index is 11.8. The van der Waals surface area contributed by atoms with E-state index in [-0.39, 0.29) is 16.6 Å². The van der Waals surface area contributed by atoms with E-state index < -0.39 is 0 Å². The predicted octanol–water partition coefficient (Wildman–Crippen LogP) is 1.51. The maximum Gasteiger partial charge on any atom is 0.283 e. The molecule has 0 fully saturated rings. The number of likely N-dealkylation sites (N-methyl/N-ethyl adjacent to an activating group) is 1. The summed E-state index contributed by atoms with van der Waals surface area (Å²) in [4.78, 5) is 13.5. The molecule has 6 heteroatoms. The van der Waals surface area contributed by atoms with E-state index in [4.69, 9.17) is 12.2 Å². The Hall–Kier alpha value is -1.95. The van der Waals surface area contributed by atoms with Gasteiger partial charge in [-0.3, -0.25) is 10.2 Å². The fourth-order valence-corrected chi connectivity index (χ4v) is 1.64. The van der Waals surface area contributed by atoms with Crippen molar-refractivity contribution in [3.63, 3.8) is 0 Å². The van der Waals surface area contributed by atoms with Crippen LogP contribution in [0.5, 0.6) is 5.75 Å². The fraction of sp³-hybridized carbons (Fsp3) is 0.308. The lowest BCUT2D eigenvalue weighted by molar-refractivity contribution is -0.123. The first-order valence-electron chi connectivity index (χ1n) is 6.00. The normalized spacial score (nSPS) is 10.4. The molecule has 0 bridgehead atoms. The first-order chi connectivity index (χ1) is 9.10. The number of benzene rings is 1. The molecule has 0 spiro atoms. The van der Waals surface area contributed by atoms with E-state index in [0.717, 1.165) is 0 Å². The van der Waals surface area contributed by atoms with E-state index in [1.165, 1.54) is 6.21 Å². The minimum absolute atomic E-state index is 0.0374. The number of para-hydroxylation sites is 1. The summed E-state index contributed by atoms with van der Waals surface area (Å²) >= 11 is 4.96. The standard InChI is InChI=1S/C13H17N3O2S/c1-3-16(4-2)13(18)12(19)15-14-9-10-7-5-6-8-11(10)17/h5-9,17H,3-4H2,1-2H3,(H,15,19). The third-order valence-electron chi connectivity index (χ3n) is 2.55. The molecule has 0 aliphatic heterocycles. The number of carbonyl (C=O) groups excluding carboxylic acids is 1. The van der Waals surface area contributed by atoms with E-state index in [1.807, 2.05) is 13.8 Å². The first-order valence-corrected chi connectivity index (χ1v) is 6.41. The monoisotopic (exact) mass is 279 g/mol. The molecule has 1 aromatic carbocycles. The van der Waals surface area contributed by atoms with Crippen molar-refractivity contribution < 1.29 is 9.90 Å². The van der Waals surface area contributed by atoms with Crippen LogP contribution in [0.3, 0.4) is 0 Å². The Labute approximate surface area is 117 Å². The Bertz CT molecular complexity index is 485. The van der Waals surface area contributed by atoms with Gasteiger partial charge in [-0.05, 0) is 26.0 Å². The van der Waals surface area contributed by atoms with Crippen LogP contribution in [-0.2, 0) is 4.79 Å². The van der Waals surface area contributed by atoms with Gasteiger partial charge in [-0.15, -0.1) is 0 Å². The van der Waals surface area contributed by atoms with Gasteiger partial charge in [0.2, 0.25) is 0 Å². The van der Waals surface area contributed by atoms with Crippen LogP contribution in [0, 0.1) is 0 Å². The molecule has 0 atom stereocenters. The third kappa shape index (κ3) is 4.33. The van der Waals surface area contributed by atoms with Crippen LogP contribution in [0.25, 0.3) is 0 Å². The topological polar surface area (TPSA) is 64.9 Å². The number of carbonyl (C=O) groups is 1. The van der Waals surface area contributed by atoms with Gasteiger partial charge in [-0.1, -0.05) is 24.4 Å². The lowest BCUT2D eigenvalue weighted by atomic mass is 10.2. The Morgan fingerprint density at radius 3 is 2.63 bits per heavy atom. The number of nitrogens with zero attached hydrogens (tertiary/aromatic N) is 2. The summed E-state index contributed by atoms with van der Waals surface area (Å²) in [5, 5.41) is 13.4. The average Bonchev–Trinajstić information content (AvgIpc) is 2.42. The molecule has 0 unspecified atom stereocenters. The largest absolute Gasteiger partial charge is 0.507 e. The van der Waals surface area contributed by atoms with E-state index in [2.05, 4.69) is 10.5 Å². The smallest absolute Gasteiger partial charge is 0.283 e. The molecule has 0 heterocycles. The lowest BCUT2D eigenvalue weighted by Gasteiger charge is -2.18. The van der Waals surface area contributed by atoms with Crippen LogP contribution >= 0.6 is 12.2 Å². The number of nitrogens with one attached hydrogen (secondary N) is 1. The highest BCUT2D eigenvalue weighted by molar-refractivity contribution is 7.82. The van der Waals surface area contributed by atoms with Gasteiger partial charge < -0.3 is 10.0 Å². The van der Waals surface area contributed by atoms with Crippen molar-refractivity contribution in [3.05, 3.63) is 29.8 Å². The van der Waals surface area contributed by atoms with Crippen LogP contribution in [0.1, 0.15) is 19.4 Å². The van der Waals surface area contributed by atoms with Gasteiger partial charge in [0.15, 0.2) is 4.99 Å². The third-order valence-corrected chi connectivity index (χ3v) is 2.82. The van der Waals surface area contributed by atoms with Crippen LogP contribution < -0.4 is 5.43 Å². The lowest BCUT2D eigenvalue weighted by Crippen LogP contribution is -2.40. The second-order valence-electron chi connectivity index (χ2n) is 3.74. The van der Waals surface area contributed by atoms with Crippen LogP contribution in [-0.4, -0.2) is 40.2 Å². The zero-order chi connectivity index (χ0) is 14.3. The molecular weight excluding hydrogens is 262 g/mol. The molecule has 0 radical (unpaired) electrons. The van der Waals surface area contributed by atoms with Crippen molar-refractivity contribution >= 4 is 29.3 Å². The van der Waals surface area contributed by atoms with Gasteiger partial charge in [0.1, 0.15) is 5.75 Å². The van der Waals surface area contributed by atoms with Crippen molar-refractivity contribution in [2.24, 2.45) is 5.10 Å². The van der Waals surface area contributed by atoms with Crippen molar-refractivity contribution in [2.75, 3.05) is 13.1 Å². The summed E-state index contributed by atoms with van der Waals surface area (Å²) in [5.41, 5.74) is 3.05. The Morgan fingerprint density at radius 1 is 1.42 bits per heavy atom. The van der Waals surface area contributed by atoms with E-state index >= 15 is 0 Å². The number of hydrazone groups is 1. The first kappa shape index (κ1) is 15.1. The molecule has 0 aliphatic carbocycles. The molecule has 1 rings (SSSR count). The average molecular weight is 279 g/mol. The zero-order valence-corrected chi connectivity index (χ0v) is 11.8. The molecule has 0 saturated heterocycles. The number of phenols is 1. The van der Waals surface area contributed by atoms with Gasteiger partial charge in [-0.25, -0.2) is 0 Å². The van der Waals surface area contributed by atoms with Crippen molar-refractivity contribution in [2.45, 2.75) is 13.8 Å². The zero-order valence-electron chi connectivity index (χ0n) is 11.0. The van der Waals surface area contributed by atoms with Crippen LogP contribution in [0.15, 0.2) is 29.4 Å². The van der Waals surface area contributed by atoms with E-state index in [1.54, 1.807) is 29.2 Å². The van der Waals surface area contributed by atoms with Crippen molar-refractivity contribution in [1.82, 2.24) is 10.3 Å². The van der Waals surface area contributed by atoms with Gasteiger partial charge in [0, 0.05) is 18.7 Å². The van der Waals surface area contributed by atoms with Gasteiger partial charge in [0.25, 0.3) is 5.91 Å². The molecule has 19 heavy (non-hydrogen) atoms. The second kappa shape index (κ2) is 7.48. The van der Waals surface area contributed by atoms with Gasteiger partial charge in [0.05, 0.1) is 6.21 Å². The Morgan fingerprint density at radius 2 is 2.05 bits per heavy atom. The SMILES string of the molecule is CCN(CC)C(=O)C(=S)NN=Cc1ccccc1O. The summed E-state index contributed by atoms with van der Waals surface area (Å²) in [6, 6.07) is 6.76. The molecule has 2 N–H and O–H groups in total. The number of hydrogen-bond acceptors (Lipinski definition) is 4. The summed E-state index contributed by atoms with van der Waals surface area (Å²) in [7, 11) is 0. The van der Waals surface area contributed by atoms with Crippen LogP contribution in [0.2, 0.25) is 0 Å². The molecule has 102 valence electrons. The minimum atomic E-state index is -0.255. The highest BCUT2D eigenvalue weighted by atomic mass is 32.1. The quantitative estimate of drug-likeness (QED) is 0.498. The van der Waals surface area contributed by atoms with Gasteiger partial charge >= 0.3 is 0 Å². The molecule has 0 saturated carbocycles. The van der Waals surface area contributed by atoms with E-state index in [9.17, 15) is 9.90 Å². The number of amides is 1. The summed E-state index contributed by atoms with van der Waals surface area (Å²) in [6.07, 6.45) is 1.41. The minimum Gasteiger partial charge on any atom is -0.507 e. The fourth-order valence-electron chi connectivity index (χ4n) is 1.46. The number of hydrogen-bond donors (Lipinski definition) is 2. The number of thiocarbonyl (C=S) groups is 1. The highest BCUT2D eigenvalue weighted by Crippen LogP contribution is 2.12. The molecule has 1 aromatic rings. The molecule has 0 aromatic heterocycles. The summed E-state index contributed by atoms with van der Waals surface area (Å²) in [6.45, 7) is 4.96. The molecule has 5 nitrogen and oxygen atoms in total. The number of rotatable bonds is 4. The summed E-state index contributed by atoms with van der Waals surface area (Å²) in [5.74, 6) is -0.136. The predicted molar refractivity (Wildman–Crippen MR) is 79.4 cm³/mol. The second-order valence-corrected chi connectivity index (χ2v) is 4.14. The Balaban J connectivity index is 2.60. The summed E-state index contributed by atoms with van der Waals surface area (Å²) < 4.78 is 0. The molecule has 0 aliphatic rings. The highest BCUT2D eigenvalue weighted by Gasteiger charge is 2.14. The number of phenolic OH excluding ortho intramolecular Hbond substituents is 1. The number of aromatic hydroxyl groups is 1. The Kier molecular flexibility index (Phi) is 5.95.